The first-order valence-corrected chi connectivity index (χ1v) is 3.10. The number of imidazole rings is 1. The van der Waals surface area contributed by atoms with E-state index in [1.165, 1.54) is 6.33 Å². The van der Waals surface area contributed by atoms with Gasteiger partial charge in [0.2, 0.25) is 0 Å². The fourth-order valence-corrected chi connectivity index (χ4v) is 0.905. The summed E-state index contributed by atoms with van der Waals surface area (Å²) in [6.45, 7) is 0. The molecule has 12 heavy (non-hydrogen) atoms. The molecule has 0 radical (unpaired) electrons. The molecule has 0 aromatic rings. The average Bonchev–Trinajstić information content (AvgIpc) is 2.54. The van der Waals surface area contributed by atoms with Crippen LogP contribution in [0.2, 0.25) is 0 Å². The summed E-state index contributed by atoms with van der Waals surface area (Å²) in [5, 5.41) is 17.7. The first kappa shape index (κ1) is 6.54. The van der Waals surface area contributed by atoms with Crippen molar-refractivity contribution in [2.45, 2.75) is 0 Å². The van der Waals surface area contributed by atoms with Crippen LogP contribution in [-0.4, -0.2) is 24.9 Å². The third kappa shape index (κ3) is 0.703. The average molecular weight is 161 g/mol. The summed E-state index contributed by atoms with van der Waals surface area (Å²) in [5.41, 5.74) is 0.468. The Bertz CT molecular complexity index is 428. The van der Waals surface area contributed by atoms with E-state index in [9.17, 15) is 0 Å². The van der Waals surface area contributed by atoms with Crippen LogP contribution < -0.4 is 0 Å². The summed E-state index contributed by atoms with van der Waals surface area (Å²) < 4.78 is 0.725. The third-order valence-corrected chi connectivity index (χ3v) is 1.42. The van der Waals surface area contributed by atoms with Crippen LogP contribution in [0.3, 0.4) is 0 Å². The van der Waals surface area contributed by atoms with Gasteiger partial charge in [-0.15, -0.1) is 0 Å². The fourth-order valence-electron chi connectivity index (χ4n) is 0.905. The van der Waals surface area contributed by atoms with E-state index < -0.39 is 0 Å². The highest BCUT2D eigenvalue weighted by Gasteiger charge is 2.15. The van der Waals surface area contributed by atoms with E-state index >= 15 is 0 Å². The van der Waals surface area contributed by atoms with Crippen molar-refractivity contribution in [3.63, 3.8) is 0 Å². The number of nitriles is 1. The van der Waals surface area contributed by atoms with Crippen molar-refractivity contribution in [1.82, 2.24) is 19.7 Å². The summed E-state index contributed by atoms with van der Waals surface area (Å²) in [6.07, 6.45) is 2.37. The standard InChI is InChI=1S/C6H3N5O/c7-1-4-5-6(9-2-8-5)11(12)3-10-4/h2-3,12H. The lowest BCUT2D eigenvalue weighted by molar-refractivity contribution is 0.182. The maximum Gasteiger partial charge on any atom is 0.200 e. The molecule has 0 unspecified atom stereocenters. The van der Waals surface area contributed by atoms with Crippen LogP contribution >= 0.6 is 0 Å². The molecule has 0 bridgehead atoms. The molecule has 0 aromatic heterocycles. The molecule has 0 spiro atoms. The molecular weight excluding hydrogens is 158 g/mol. The third-order valence-electron chi connectivity index (χ3n) is 1.42. The monoisotopic (exact) mass is 161 g/mol. The maximum atomic E-state index is 9.12. The van der Waals surface area contributed by atoms with Gasteiger partial charge in [0.15, 0.2) is 11.5 Å². The van der Waals surface area contributed by atoms with Crippen molar-refractivity contribution in [2.24, 2.45) is 0 Å². The fraction of sp³-hybridized carbons (Fsp3) is 0. The van der Waals surface area contributed by atoms with Gasteiger partial charge in [-0.3, -0.25) is 0 Å². The van der Waals surface area contributed by atoms with Crippen LogP contribution in [0.5, 0.6) is 0 Å². The second-order valence-corrected chi connectivity index (χ2v) is 2.10. The molecular formula is C6H3N5O. The molecule has 1 N–H and O–H groups in total. The van der Waals surface area contributed by atoms with Gasteiger partial charge in [-0.1, -0.05) is 0 Å². The van der Waals surface area contributed by atoms with E-state index in [4.69, 9.17) is 10.5 Å². The minimum absolute atomic E-state index is 0.160. The van der Waals surface area contributed by atoms with Crippen LogP contribution in [0, 0.1) is 11.3 Å². The molecule has 0 aromatic carbocycles. The molecule has 6 heteroatoms. The lowest BCUT2D eigenvalue weighted by atomic mass is 10.3. The van der Waals surface area contributed by atoms with Gasteiger partial charge < -0.3 is 5.21 Å². The van der Waals surface area contributed by atoms with Gasteiger partial charge in [-0.25, -0.2) is 15.0 Å². The summed E-state index contributed by atoms with van der Waals surface area (Å²) in [4.78, 5) is 11.2. The Hall–Kier alpha value is -2.16. The van der Waals surface area contributed by atoms with Crippen molar-refractivity contribution >= 4 is 0 Å². The van der Waals surface area contributed by atoms with Crippen molar-refractivity contribution < 1.29 is 5.21 Å². The number of nitrogens with zero attached hydrogens (tertiary/aromatic N) is 5. The van der Waals surface area contributed by atoms with Gasteiger partial charge in [-0.2, -0.15) is 9.99 Å². The molecule has 0 saturated heterocycles. The largest absolute Gasteiger partial charge is 0.425 e. The minimum atomic E-state index is 0.160. The molecule has 0 aliphatic carbocycles. The highest BCUT2D eigenvalue weighted by Crippen LogP contribution is 2.16. The second-order valence-electron chi connectivity index (χ2n) is 2.10. The lowest BCUT2D eigenvalue weighted by Gasteiger charge is -2.01. The quantitative estimate of drug-likeness (QED) is 0.544. The lowest BCUT2D eigenvalue weighted by Crippen LogP contribution is -2.03. The Morgan fingerprint density at radius 1 is 1.42 bits per heavy atom. The topological polar surface area (TPSA) is 87.6 Å². The number of hydrogen-bond acceptors (Lipinski definition) is 5. The van der Waals surface area contributed by atoms with Gasteiger partial charge in [0.25, 0.3) is 0 Å². The van der Waals surface area contributed by atoms with Gasteiger partial charge in [0.05, 0.1) is 0 Å². The van der Waals surface area contributed by atoms with Crippen LogP contribution in [0.4, 0.5) is 0 Å². The number of aromatic nitrogens is 4. The number of hydrogen-bond donors (Lipinski definition) is 1. The van der Waals surface area contributed by atoms with E-state index in [0.717, 1.165) is 11.1 Å². The van der Waals surface area contributed by atoms with Gasteiger partial charge in [-0.05, 0) is 0 Å². The first-order chi connectivity index (χ1) is 5.83. The zero-order valence-corrected chi connectivity index (χ0v) is 5.84. The summed E-state index contributed by atoms with van der Waals surface area (Å²) in [7, 11) is 0. The maximum absolute atomic E-state index is 9.12. The van der Waals surface area contributed by atoms with Crippen LogP contribution in [0.1, 0.15) is 5.69 Å². The predicted octanol–water partition coefficient (Wildman–Crippen LogP) is -0.113. The summed E-state index contributed by atoms with van der Waals surface area (Å²) in [5.74, 6) is 0.238. The van der Waals surface area contributed by atoms with Crippen LogP contribution in [0.15, 0.2) is 12.7 Å². The second kappa shape index (κ2) is 2.17. The van der Waals surface area contributed by atoms with Crippen LogP contribution in [0.25, 0.3) is 11.5 Å². The highest BCUT2D eigenvalue weighted by molar-refractivity contribution is 5.57. The molecule has 6 nitrogen and oxygen atoms in total. The Morgan fingerprint density at radius 2 is 2.25 bits per heavy atom. The summed E-state index contributed by atoms with van der Waals surface area (Å²) in [6, 6.07) is 1.85. The zero-order valence-electron chi connectivity index (χ0n) is 5.84. The van der Waals surface area contributed by atoms with E-state index in [2.05, 4.69) is 15.0 Å². The van der Waals surface area contributed by atoms with Crippen molar-refractivity contribution in [1.29, 1.82) is 5.26 Å². The number of fused-ring (bicyclic) bond motifs is 1. The zero-order chi connectivity index (χ0) is 8.55. The normalized spacial score (nSPS) is 9.92. The summed E-state index contributed by atoms with van der Waals surface area (Å²) >= 11 is 0. The predicted molar refractivity (Wildman–Crippen MR) is 36.3 cm³/mol. The Labute approximate surface area is 67.1 Å². The van der Waals surface area contributed by atoms with E-state index in [1.807, 2.05) is 6.07 Å². The number of rotatable bonds is 0. The van der Waals surface area contributed by atoms with Crippen molar-refractivity contribution in [3.8, 4) is 17.6 Å². The van der Waals surface area contributed by atoms with Gasteiger partial charge in [0, 0.05) is 0 Å². The Kier molecular flexibility index (Phi) is 1.18. The minimum Gasteiger partial charge on any atom is -0.425 e. The molecule has 0 amide bonds. The van der Waals surface area contributed by atoms with E-state index in [1.54, 1.807) is 0 Å². The van der Waals surface area contributed by atoms with Crippen molar-refractivity contribution in [2.75, 3.05) is 0 Å². The van der Waals surface area contributed by atoms with Gasteiger partial charge in [0.1, 0.15) is 24.4 Å². The van der Waals surface area contributed by atoms with Crippen molar-refractivity contribution in [3.05, 3.63) is 18.3 Å². The van der Waals surface area contributed by atoms with E-state index in [-0.39, 0.29) is 11.5 Å². The smallest absolute Gasteiger partial charge is 0.200 e. The molecule has 2 aliphatic rings. The molecule has 2 aliphatic heterocycles. The molecule has 2 rings (SSSR count). The molecule has 0 saturated carbocycles. The van der Waals surface area contributed by atoms with Gasteiger partial charge >= 0.3 is 0 Å². The Morgan fingerprint density at radius 3 is 3.00 bits per heavy atom. The molecule has 0 atom stereocenters. The highest BCUT2D eigenvalue weighted by atomic mass is 16.5. The van der Waals surface area contributed by atoms with E-state index in [0.29, 0.717) is 5.69 Å². The van der Waals surface area contributed by atoms with Crippen LogP contribution in [-0.2, 0) is 0 Å². The SMILES string of the molecule is N#Cc1ncn(O)c2ncnc1-2. The Balaban J connectivity index is 2.81. The molecule has 0 fully saturated rings. The first-order valence-electron chi connectivity index (χ1n) is 3.10. The molecule has 58 valence electrons. The molecule has 2 heterocycles.